The number of aliphatic hydroxyl groups is 1. The Kier molecular flexibility index (Phi) is 7.15. The van der Waals surface area contributed by atoms with E-state index in [-0.39, 0.29) is 36.3 Å². The van der Waals surface area contributed by atoms with Gasteiger partial charge in [0.15, 0.2) is 0 Å². The van der Waals surface area contributed by atoms with Crippen molar-refractivity contribution in [3.63, 3.8) is 0 Å². The quantitative estimate of drug-likeness (QED) is 0.437. The van der Waals surface area contributed by atoms with Crippen LogP contribution in [0.15, 0.2) is 59.4 Å². The third kappa shape index (κ3) is 5.55. The van der Waals surface area contributed by atoms with Crippen LogP contribution in [0, 0.1) is 5.92 Å². The van der Waals surface area contributed by atoms with Crippen LogP contribution < -0.4 is 16.2 Å². The Morgan fingerprint density at radius 2 is 1.68 bits per heavy atom. The summed E-state index contributed by atoms with van der Waals surface area (Å²) in [6, 6.07) is 15.2. The Hall–Kier alpha value is -3.52. The summed E-state index contributed by atoms with van der Waals surface area (Å²) in [4.78, 5) is 37.2. The van der Waals surface area contributed by atoms with Gasteiger partial charge in [0.1, 0.15) is 6.04 Å². The molecule has 0 spiro atoms. The molecule has 162 valence electrons. The van der Waals surface area contributed by atoms with Gasteiger partial charge in [0.2, 0.25) is 11.8 Å². The van der Waals surface area contributed by atoms with E-state index in [0.29, 0.717) is 22.0 Å². The van der Waals surface area contributed by atoms with Crippen molar-refractivity contribution in [3.8, 4) is 0 Å². The first kappa shape index (κ1) is 22.2. The maximum Gasteiger partial charge on any atom is 0.272 e. The highest BCUT2D eigenvalue weighted by molar-refractivity contribution is 5.91. The molecular weight excluding hydrogens is 396 g/mol. The minimum Gasteiger partial charge on any atom is -0.387 e. The van der Waals surface area contributed by atoms with Gasteiger partial charge < -0.3 is 15.7 Å². The summed E-state index contributed by atoms with van der Waals surface area (Å²) in [5.74, 6) is -0.933. The molecule has 0 saturated heterocycles. The number of hydrogen-bond acceptors (Lipinski definition) is 5. The number of aromatic amines is 1. The van der Waals surface area contributed by atoms with Gasteiger partial charge >= 0.3 is 0 Å². The van der Waals surface area contributed by atoms with Crippen molar-refractivity contribution in [1.29, 1.82) is 0 Å². The number of benzene rings is 2. The lowest BCUT2D eigenvalue weighted by Gasteiger charge is -2.22. The van der Waals surface area contributed by atoms with Crippen molar-refractivity contribution in [2.75, 3.05) is 6.54 Å². The highest BCUT2D eigenvalue weighted by atomic mass is 16.3. The standard InChI is InChI=1S/C23H26N4O4/c1-14(2)21(23(31)24-13-19(28)15-8-4-3-5-9-15)25-20(29)12-18-16-10-6-7-11-17(16)22(30)27-26-18/h3-11,14,19,21,28H,12-13H2,1-2H3,(H,24,31)(H,25,29)(H,27,30). The molecule has 0 aliphatic heterocycles. The van der Waals surface area contributed by atoms with E-state index in [9.17, 15) is 19.5 Å². The largest absolute Gasteiger partial charge is 0.387 e. The van der Waals surface area contributed by atoms with Gasteiger partial charge in [-0.1, -0.05) is 62.4 Å². The monoisotopic (exact) mass is 422 g/mol. The molecule has 3 aromatic rings. The molecule has 2 atom stereocenters. The second-order valence-corrected chi connectivity index (χ2v) is 7.68. The predicted octanol–water partition coefficient (Wildman–Crippen LogP) is 1.46. The van der Waals surface area contributed by atoms with Crippen molar-refractivity contribution in [1.82, 2.24) is 20.8 Å². The molecule has 0 aliphatic rings. The molecule has 0 bridgehead atoms. The van der Waals surface area contributed by atoms with E-state index < -0.39 is 12.1 Å². The van der Waals surface area contributed by atoms with Gasteiger partial charge in [-0.25, -0.2) is 5.10 Å². The van der Waals surface area contributed by atoms with E-state index >= 15 is 0 Å². The first-order valence-corrected chi connectivity index (χ1v) is 10.1. The second kappa shape index (κ2) is 9.99. The van der Waals surface area contributed by atoms with Crippen molar-refractivity contribution in [2.45, 2.75) is 32.4 Å². The lowest BCUT2D eigenvalue weighted by molar-refractivity contribution is -0.130. The Balaban J connectivity index is 1.64. The first-order valence-electron chi connectivity index (χ1n) is 10.1. The van der Waals surface area contributed by atoms with E-state index in [2.05, 4.69) is 20.8 Å². The zero-order valence-electron chi connectivity index (χ0n) is 17.5. The zero-order valence-corrected chi connectivity index (χ0v) is 17.5. The maximum absolute atomic E-state index is 12.7. The number of aromatic nitrogens is 2. The average molecular weight is 422 g/mol. The molecule has 0 fully saturated rings. The molecule has 31 heavy (non-hydrogen) atoms. The fourth-order valence-electron chi connectivity index (χ4n) is 3.32. The highest BCUT2D eigenvalue weighted by Gasteiger charge is 2.25. The molecule has 2 aromatic carbocycles. The molecule has 1 heterocycles. The Labute approximate surface area is 179 Å². The number of carbonyl (C=O) groups is 2. The number of rotatable bonds is 8. The third-order valence-electron chi connectivity index (χ3n) is 5.02. The van der Waals surface area contributed by atoms with E-state index in [0.717, 1.165) is 0 Å². The van der Waals surface area contributed by atoms with Crippen molar-refractivity contribution >= 4 is 22.6 Å². The molecule has 4 N–H and O–H groups in total. The van der Waals surface area contributed by atoms with Crippen LogP contribution in [0.1, 0.15) is 31.2 Å². The smallest absolute Gasteiger partial charge is 0.272 e. The van der Waals surface area contributed by atoms with Gasteiger partial charge in [0.05, 0.1) is 23.6 Å². The van der Waals surface area contributed by atoms with Crippen LogP contribution in [0.4, 0.5) is 0 Å². The van der Waals surface area contributed by atoms with Crippen LogP contribution in [0.2, 0.25) is 0 Å². The fourth-order valence-corrected chi connectivity index (χ4v) is 3.32. The summed E-state index contributed by atoms with van der Waals surface area (Å²) >= 11 is 0. The lowest BCUT2D eigenvalue weighted by Crippen LogP contribution is -2.50. The zero-order chi connectivity index (χ0) is 22.4. The minimum absolute atomic E-state index is 0.0358. The molecule has 2 unspecified atom stereocenters. The normalized spacial score (nSPS) is 13.0. The maximum atomic E-state index is 12.7. The van der Waals surface area contributed by atoms with Crippen LogP contribution in [0.25, 0.3) is 10.8 Å². The molecule has 2 amide bonds. The number of hydrogen-bond donors (Lipinski definition) is 4. The molecule has 0 aliphatic carbocycles. The van der Waals surface area contributed by atoms with Gasteiger partial charge in [-0.05, 0) is 17.5 Å². The SMILES string of the molecule is CC(C)C(NC(=O)Cc1n[nH]c(=O)c2ccccc12)C(=O)NCC(O)c1ccccc1. The number of carbonyl (C=O) groups excluding carboxylic acids is 2. The van der Waals surface area contributed by atoms with Gasteiger partial charge in [-0.2, -0.15) is 5.10 Å². The van der Waals surface area contributed by atoms with Gasteiger partial charge in [0.25, 0.3) is 5.56 Å². The Morgan fingerprint density at radius 1 is 1.03 bits per heavy atom. The molecule has 3 rings (SSSR count). The van der Waals surface area contributed by atoms with Crippen LogP contribution in [-0.4, -0.2) is 39.7 Å². The third-order valence-corrected chi connectivity index (χ3v) is 5.02. The topological polar surface area (TPSA) is 124 Å². The Bertz CT molecular complexity index is 1110. The fraction of sp³-hybridized carbons (Fsp3) is 0.304. The molecule has 8 nitrogen and oxygen atoms in total. The minimum atomic E-state index is -0.842. The van der Waals surface area contributed by atoms with Crippen molar-refractivity contribution < 1.29 is 14.7 Å². The number of nitrogens with zero attached hydrogens (tertiary/aromatic N) is 1. The van der Waals surface area contributed by atoms with Crippen LogP contribution in [-0.2, 0) is 16.0 Å². The summed E-state index contributed by atoms with van der Waals surface area (Å²) in [5.41, 5.74) is 0.801. The summed E-state index contributed by atoms with van der Waals surface area (Å²) in [6.07, 6.45) is -0.925. The highest BCUT2D eigenvalue weighted by Crippen LogP contribution is 2.14. The van der Waals surface area contributed by atoms with E-state index in [1.807, 2.05) is 32.0 Å². The molecular formula is C23H26N4O4. The van der Waals surface area contributed by atoms with Gasteiger partial charge in [0, 0.05) is 11.9 Å². The second-order valence-electron chi connectivity index (χ2n) is 7.68. The summed E-state index contributed by atoms with van der Waals surface area (Å²) in [5, 5.41) is 23.1. The van der Waals surface area contributed by atoms with Crippen LogP contribution >= 0.6 is 0 Å². The van der Waals surface area contributed by atoms with Crippen molar-refractivity contribution in [2.24, 2.45) is 5.92 Å². The number of nitrogens with one attached hydrogen (secondary N) is 3. The molecule has 0 radical (unpaired) electrons. The van der Waals surface area contributed by atoms with Gasteiger partial charge in [-0.15, -0.1) is 0 Å². The van der Waals surface area contributed by atoms with Crippen LogP contribution in [0.5, 0.6) is 0 Å². The molecule has 8 heteroatoms. The van der Waals surface area contributed by atoms with Gasteiger partial charge in [-0.3, -0.25) is 14.4 Å². The number of amides is 2. The number of H-pyrrole nitrogens is 1. The summed E-state index contributed by atoms with van der Waals surface area (Å²) in [7, 11) is 0. The molecule has 1 aromatic heterocycles. The number of aliphatic hydroxyl groups excluding tert-OH is 1. The van der Waals surface area contributed by atoms with Crippen molar-refractivity contribution in [3.05, 3.63) is 76.2 Å². The summed E-state index contributed by atoms with van der Waals surface area (Å²) in [6.45, 7) is 3.69. The molecule has 0 saturated carbocycles. The predicted molar refractivity (Wildman–Crippen MR) is 117 cm³/mol. The van der Waals surface area contributed by atoms with E-state index in [4.69, 9.17) is 0 Å². The summed E-state index contributed by atoms with van der Waals surface area (Å²) < 4.78 is 0. The van der Waals surface area contributed by atoms with E-state index in [1.54, 1.807) is 36.4 Å². The van der Waals surface area contributed by atoms with E-state index in [1.165, 1.54) is 0 Å². The Morgan fingerprint density at radius 3 is 2.35 bits per heavy atom. The number of fused-ring (bicyclic) bond motifs is 1. The first-order chi connectivity index (χ1) is 14.9. The lowest BCUT2D eigenvalue weighted by atomic mass is 10.0. The van der Waals surface area contributed by atoms with Crippen LogP contribution in [0.3, 0.4) is 0 Å². The average Bonchev–Trinajstić information content (AvgIpc) is 2.78.